The summed E-state index contributed by atoms with van der Waals surface area (Å²) in [5.41, 5.74) is 3.14. The van der Waals surface area contributed by atoms with Gasteiger partial charge in [-0.05, 0) is 36.1 Å². The predicted octanol–water partition coefficient (Wildman–Crippen LogP) is 3.49. The number of benzene rings is 2. The van der Waals surface area contributed by atoms with Crippen LogP contribution in [0.2, 0.25) is 0 Å². The average Bonchev–Trinajstić information content (AvgIpc) is 2.63. The molecule has 0 fully saturated rings. The molecule has 1 unspecified atom stereocenters. The molecule has 0 bridgehead atoms. The Bertz CT molecular complexity index is 774. The second kappa shape index (κ2) is 8.23. The zero-order valence-electron chi connectivity index (χ0n) is 15.5. The molecular formula is C21H26N2O3. The number of ether oxygens (including phenoxy) is 2. The van der Waals surface area contributed by atoms with Crippen LogP contribution < -0.4 is 20.1 Å². The topological polar surface area (TPSA) is 59.6 Å². The number of fused-ring (bicyclic) bond motifs is 1. The SMILES string of the molecule is Cc1cccc(C(C)C)c1NC(=O)CNCC1COc2ccccc2O1. The van der Waals surface area contributed by atoms with E-state index in [-0.39, 0.29) is 18.6 Å². The van der Waals surface area contributed by atoms with E-state index in [2.05, 4.69) is 30.5 Å². The highest BCUT2D eigenvalue weighted by Gasteiger charge is 2.20. The number of carbonyl (C=O) groups excluding carboxylic acids is 1. The molecule has 0 saturated carbocycles. The van der Waals surface area contributed by atoms with Crippen molar-refractivity contribution in [2.45, 2.75) is 32.8 Å². The zero-order valence-corrected chi connectivity index (χ0v) is 15.5. The predicted molar refractivity (Wildman–Crippen MR) is 103 cm³/mol. The third-order valence-electron chi connectivity index (χ3n) is 4.42. The fourth-order valence-electron chi connectivity index (χ4n) is 3.04. The van der Waals surface area contributed by atoms with Crippen molar-refractivity contribution in [2.24, 2.45) is 0 Å². The standard InChI is InChI=1S/C21H26N2O3/c1-14(2)17-8-6-7-15(3)21(17)23-20(24)12-22-11-16-13-25-18-9-4-5-10-19(18)26-16/h4-10,14,16,22H,11-13H2,1-3H3,(H,23,24). The van der Waals surface area contributed by atoms with Gasteiger partial charge in [0.2, 0.25) is 5.91 Å². The van der Waals surface area contributed by atoms with Gasteiger partial charge in [0.25, 0.3) is 0 Å². The summed E-state index contributed by atoms with van der Waals surface area (Å²) in [5, 5.41) is 6.20. The average molecular weight is 354 g/mol. The van der Waals surface area contributed by atoms with Gasteiger partial charge < -0.3 is 20.1 Å². The molecule has 0 saturated heterocycles. The summed E-state index contributed by atoms with van der Waals surface area (Å²) in [6.45, 7) is 7.52. The van der Waals surface area contributed by atoms with Gasteiger partial charge in [0, 0.05) is 12.2 Å². The van der Waals surface area contributed by atoms with Crippen LogP contribution in [0.5, 0.6) is 11.5 Å². The van der Waals surface area contributed by atoms with Crippen LogP contribution in [-0.2, 0) is 4.79 Å². The summed E-state index contributed by atoms with van der Waals surface area (Å²) in [6, 6.07) is 13.7. The van der Waals surface area contributed by atoms with Crippen molar-refractivity contribution in [1.82, 2.24) is 5.32 Å². The molecule has 0 radical (unpaired) electrons. The molecule has 1 atom stereocenters. The first-order chi connectivity index (χ1) is 12.5. The minimum atomic E-state index is -0.109. The summed E-state index contributed by atoms with van der Waals surface area (Å²) in [5.74, 6) is 1.81. The van der Waals surface area contributed by atoms with E-state index in [1.807, 2.05) is 43.3 Å². The smallest absolute Gasteiger partial charge is 0.238 e. The van der Waals surface area contributed by atoms with Crippen LogP contribution in [0.4, 0.5) is 5.69 Å². The van der Waals surface area contributed by atoms with E-state index in [9.17, 15) is 4.79 Å². The molecule has 138 valence electrons. The van der Waals surface area contributed by atoms with Crippen LogP contribution >= 0.6 is 0 Å². The van der Waals surface area contributed by atoms with E-state index < -0.39 is 0 Å². The Morgan fingerprint density at radius 2 is 1.92 bits per heavy atom. The van der Waals surface area contributed by atoms with Gasteiger partial charge >= 0.3 is 0 Å². The summed E-state index contributed by atoms with van der Waals surface area (Å²) >= 11 is 0. The molecule has 1 aliphatic rings. The van der Waals surface area contributed by atoms with Gasteiger partial charge in [0.05, 0.1) is 6.54 Å². The van der Waals surface area contributed by atoms with Crippen LogP contribution in [0.15, 0.2) is 42.5 Å². The lowest BCUT2D eigenvalue weighted by molar-refractivity contribution is -0.115. The molecule has 1 amide bonds. The number of aryl methyl sites for hydroxylation is 1. The monoisotopic (exact) mass is 354 g/mol. The summed E-state index contributed by atoms with van der Waals surface area (Å²) < 4.78 is 11.6. The van der Waals surface area contributed by atoms with Gasteiger partial charge in [-0.3, -0.25) is 4.79 Å². The Morgan fingerprint density at radius 1 is 1.15 bits per heavy atom. The Labute approximate surface area is 154 Å². The van der Waals surface area contributed by atoms with Crippen molar-refractivity contribution in [3.63, 3.8) is 0 Å². The van der Waals surface area contributed by atoms with Crippen molar-refractivity contribution in [3.05, 3.63) is 53.6 Å². The molecule has 5 heteroatoms. The molecular weight excluding hydrogens is 328 g/mol. The van der Waals surface area contributed by atoms with Gasteiger partial charge in [-0.1, -0.05) is 44.2 Å². The number of hydrogen-bond donors (Lipinski definition) is 2. The lowest BCUT2D eigenvalue weighted by Crippen LogP contribution is -2.41. The number of amides is 1. The largest absolute Gasteiger partial charge is 0.486 e. The summed E-state index contributed by atoms with van der Waals surface area (Å²) in [6.07, 6.45) is -0.109. The number of rotatable bonds is 6. The van der Waals surface area contributed by atoms with Crippen molar-refractivity contribution in [1.29, 1.82) is 0 Å². The number of nitrogens with one attached hydrogen (secondary N) is 2. The molecule has 0 aliphatic carbocycles. The fourth-order valence-corrected chi connectivity index (χ4v) is 3.04. The lowest BCUT2D eigenvalue weighted by Gasteiger charge is -2.26. The van der Waals surface area contributed by atoms with Crippen LogP contribution in [0.25, 0.3) is 0 Å². The van der Waals surface area contributed by atoms with Crippen LogP contribution in [0.1, 0.15) is 30.9 Å². The van der Waals surface area contributed by atoms with Gasteiger partial charge in [0.15, 0.2) is 11.5 Å². The van der Waals surface area contributed by atoms with E-state index in [1.165, 1.54) is 0 Å². The molecule has 2 aromatic rings. The number of anilines is 1. The highest BCUT2D eigenvalue weighted by atomic mass is 16.6. The van der Waals surface area contributed by atoms with Crippen LogP contribution in [-0.4, -0.2) is 31.7 Å². The lowest BCUT2D eigenvalue weighted by atomic mass is 9.98. The zero-order chi connectivity index (χ0) is 18.5. The quantitative estimate of drug-likeness (QED) is 0.834. The highest BCUT2D eigenvalue weighted by molar-refractivity contribution is 5.93. The minimum Gasteiger partial charge on any atom is -0.486 e. The van der Waals surface area contributed by atoms with Crippen molar-refractivity contribution >= 4 is 11.6 Å². The second-order valence-electron chi connectivity index (χ2n) is 6.87. The van der Waals surface area contributed by atoms with Gasteiger partial charge in [0.1, 0.15) is 12.7 Å². The van der Waals surface area contributed by atoms with E-state index in [4.69, 9.17) is 9.47 Å². The Hall–Kier alpha value is -2.53. The molecule has 5 nitrogen and oxygen atoms in total. The number of carbonyl (C=O) groups is 1. The second-order valence-corrected chi connectivity index (χ2v) is 6.87. The Morgan fingerprint density at radius 3 is 2.69 bits per heavy atom. The normalized spacial score (nSPS) is 15.8. The molecule has 0 aromatic heterocycles. The Kier molecular flexibility index (Phi) is 5.78. The molecule has 1 heterocycles. The first-order valence-corrected chi connectivity index (χ1v) is 9.03. The summed E-state index contributed by atoms with van der Waals surface area (Å²) in [7, 11) is 0. The van der Waals surface area contributed by atoms with E-state index >= 15 is 0 Å². The minimum absolute atomic E-state index is 0.0571. The first kappa shape index (κ1) is 18.3. The maximum absolute atomic E-state index is 12.3. The fraction of sp³-hybridized carbons (Fsp3) is 0.381. The van der Waals surface area contributed by atoms with Crippen molar-refractivity contribution in [2.75, 3.05) is 25.0 Å². The van der Waals surface area contributed by atoms with E-state index in [0.717, 1.165) is 28.3 Å². The third-order valence-corrected chi connectivity index (χ3v) is 4.42. The van der Waals surface area contributed by atoms with Gasteiger partial charge in [-0.2, -0.15) is 0 Å². The maximum atomic E-state index is 12.3. The van der Waals surface area contributed by atoms with Gasteiger partial charge in [-0.15, -0.1) is 0 Å². The maximum Gasteiger partial charge on any atom is 0.238 e. The number of para-hydroxylation sites is 3. The van der Waals surface area contributed by atoms with Crippen LogP contribution in [0, 0.1) is 6.92 Å². The molecule has 26 heavy (non-hydrogen) atoms. The number of hydrogen-bond acceptors (Lipinski definition) is 4. The molecule has 3 rings (SSSR count). The molecule has 2 aromatic carbocycles. The van der Waals surface area contributed by atoms with E-state index in [1.54, 1.807) is 0 Å². The van der Waals surface area contributed by atoms with Crippen LogP contribution in [0.3, 0.4) is 0 Å². The molecule has 1 aliphatic heterocycles. The first-order valence-electron chi connectivity index (χ1n) is 9.03. The highest BCUT2D eigenvalue weighted by Crippen LogP contribution is 2.30. The van der Waals surface area contributed by atoms with Gasteiger partial charge in [-0.25, -0.2) is 0 Å². The molecule has 0 spiro atoms. The van der Waals surface area contributed by atoms with Crippen molar-refractivity contribution in [3.8, 4) is 11.5 Å². The Balaban J connectivity index is 1.50. The third kappa shape index (κ3) is 4.35. The van der Waals surface area contributed by atoms with E-state index in [0.29, 0.717) is 19.1 Å². The van der Waals surface area contributed by atoms with Crippen molar-refractivity contribution < 1.29 is 14.3 Å². The molecule has 2 N–H and O–H groups in total. The summed E-state index contributed by atoms with van der Waals surface area (Å²) in [4.78, 5) is 12.3.